The normalized spacial score (nSPS) is 18.6. The zero-order chi connectivity index (χ0) is 16.3. The van der Waals surface area contributed by atoms with Gasteiger partial charge >= 0.3 is 35.6 Å². The van der Waals surface area contributed by atoms with Crippen molar-refractivity contribution in [3.05, 3.63) is 41.6 Å². The molecule has 1 aliphatic rings. The fourth-order valence-electron chi connectivity index (χ4n) is 1.71. The summed E-state index contributed by atoms with van der Waals surface area (Å²) in [5.41, 5.74) is -0.939. The van der Waals surface area contributed by atoms with E-state index >= 15 is 0 Å². The van der Waals surface area contributed by atoms with Gasteiger partial charge in [-0.25, -0.2) is 4.79 Å². The molecule has 2 rings (SSSR count). The van der Waals surface area contributed by atoms with Crippen molar-refractivity contribution < 1.29 is 58.3 Å². The van der Waals surface area contributed by atoms with Crippen LogP contribution in [-0.4, -0.2) is 36.2 Å². The number of urea groups is 1. The molecule has 0 aromatic heterocycles. The third-order valence-corrected chi connectivity index (χ3v) is 4.08. The van der Waals surface area contributed by atoms with Gasteiger partial charge in [-0.2, -0.15) is 8.42 Å². The molecule has 0 saturated carbocycles. The molecule has 120 valence electrons. The van der Waals surface area contributed by atoms with Crippen LogP contribution in [0.4, 0.5) is 4.79 Å². The van der Waals surface area contributed by atoms with E-state index in [1.807, 2.05) is 5.32 Å². The van der Waals surface area contributed by atoms with Crippen LogP contribution in [0.1, 0.15) is 11.8 Å². The van der Waals surface area contributed by atoms with Crippen molar-refractivity contribution in [2.75, 3.05) is 0 Å². The number of hydrogen-bond donors (Lipinski definition) is 3. The van der Waals surface area contributed by atoms with Crippen molar-refractivity contribution >= 4 is 34.0 Å². The monoisotopic (exact) mass is 370 g/mol. The van der Waals surface area contributed by atoms with Crippen LogP contribution in [-0.2, 0) is 10.1 Å². The molecule has 0 fully saturated rings. The van der Waals surface area contributed by atoms with Gasteiger partial charge in [0.15, 0.2) is 10.9 Å². The van der Waals surface area contributed by atoms with E-state index in [0.29, 0.717) is 11.8 Å². The topological polar surface area (TPSA) is 122 Å². The Morgan fingerprint density at radius 1 is 1.35 bits per heavy atom. The maximum Gasteiger partial charge on any atom is 1.00 e. The smallest absolute Gasteiger partial charge is 1.00 e. The standard InChI is InChI=1S/C12H11ClN2O6S.Na.H/c13-10(21-8-3-1-7(6-16)2-4-8)9-5-14-12(17)15-11(9)22(18,19)20;;/h1-6,10-11H,(H2,14,15,17)(H,18,19,20);;/q;+1;-1. The Labute approximate surface area is 160 Å². The van der Waals surface area contributed by atoms with Crippen molar-refractivity contribution in [3.8, 4) is 5.75 Å². The van der Waals surface area contributed by atoms with Crippen molar-refractivity contribution in [1.82, 2.24) is 10.6 Å². The summed E-state index contributed by atoms with van der Waals surface area (Å²) in [6.45, 7) is 0. The number of benzene rings is 1. The van der Waals surface area contributed by atoms with Crippen LogP contribution < -0.4 is 44.9 Å². The molecule has 1 aromatic carbocycles. The average Bonchev–Trinajstić information content (AvgIpc) is 2.47. The Balaban J connectivity index is 0.00000264. The molecule has 0 aliphatic carbocycles. The summed E-state index contributed by atoms with van der Waals surface area (Å²) in [7, 11) is -4.61. The predicted molar refractivity (Wildman–Crippen MR) is 78.3 cm³/mol. The van der Waals surface area contributed by atoms with Crippen molar-refractivity contribution in [1.29, 1.82) is 0 Å². The van der Waals surface area contributed by atoms with E-state index in [-0.39, 0.29) is 42.3 Å². The molecule has 2 unspecified atom stereocenters. The number of carbonyl (C=O) groups excluding carboxylic acids is 2. The largest absolute Gasteiger partial charge is 1.00 e. The molecule has 1 heterocycles. The van der Waals surface area contributed by atoms with Crippen molar-refractivity contribution in [2.45, 2.75) is 10.9 Å². The van der Waals surface area contributed by atoms with Gasteiger partial charge in [-0.05, 0) is 24.3 Å². The molecule has 8 nitrogen and oxygen atoms in total. The van der Waals surface area contributed by atoms with E-state index < -0.39 is 27.1 Å². The van der Waals surface area contributed by atoms with E-state index in [4.69, 9.17) is 20.9 Å². The molecule has 11 heteroatoms. The molecular formula is C12H12ClN2NaO6S. The average molecular weight is 371 g/mol. The van der Waals surface area contributed by atoms with Crippen molar-refractivity contribution in [3.63, 3.8) is 0 Å². The number of alkyl halides is 1. The number of rotatable bonds is 5. The van der Waals surface area contributed by atoms with Crippen LogP contribution in [0.25, 0.3) is 0 Å². The van der Waals surface area contributed by atoms with Gasteiger partial charge < -0.3 is 16.8 Å². The van der Waals surface area contributed by atoms with Gasteiger partial charge in [0.1, 0.15) is 12.0 Å². The Morgan fingerprint density at radius 3 is 2.48 bits per heavy atom. The van der Waals surface area contributed by atoms with Gasteiger partial charge in [0.25, 0.3) is 10.1 Å². The molecule has 0 saturated heterocycles. The number of hydrogen-bond acceptors (Lipinski definition) is 5. The maximum atomic E-state index is 11.3. The molecule has 2 atom stereocenters. The number of ether oxygens (including phenoxy) is 1. The number of nitrogens with one attached hydrogen (secondary N) is 2. The second kappa shape index (κ2) is 8.13. The van der Waals surface area contributed by atoms with Gasteiger partial charge in [0.05, 0.1) is 0 Å². The molecule has 1 aromatic rings. The molecule has 0 radical (unpaired) electrons. The molecule has 2 amide bonds. The third kappa shape index (κ3) is 5.20. The van der Waals surface area contributed by atoms with Gasteiger partial charge in [-0.1, -0.05) is 11.6 Å². The van der Waals surface area contributed by atoms with Gasteiger partial charge in [-0.3, -0.25) is 9.35 Å². The van der Waals surface area contributed by atoms with Gasteiger partial charge in [0, 0.05) is 17.3 Å². The SMILES string of the molecule is O=Cc1ccc(OC(Cl)C2=CNC(=O)NC2S(=O)(=O)O)cc1.[H-].[Na+]. The summed E-state index contributed by atoms with van der Waals surface area (Å²) in [5, 5.41) is 2.53. The Hall–Kier alpha value is -1.10. The quantitative estimate of drug-likeness (QED) is 0.238. The van der Waals surface area contributed by atoms with Crippen LogP contribution in [0.3, 0.4) is 0 Å². The maximum absolute atomic E-state index is 11.3. The number of aldehydes is 1. The van der Waals surface area contributed by atoms with E-state index in [0.717, 1.165) is 6.20 Å². The first kappa shape index (κ1) is 19.9. The van der Waals surface area contributed by atoms with E-state index in [1.165, 1.54) is 24.3 Å². The molecular weight excluding hydrogens is 359 g/mol. The Kier molecular flexibility index (Phi) is 7.05. The summed E-state index contributed by atoms with van der Waals surface area (Å²) in [6, 6.07) is 5.11. The summed E-state index contributed by atoms with van der Waals surface area (Å²) < 4.78 is 37.1. The zero-order valence-corrected chi connectivity index (χ0v) is 15.5. The minimum absolute atomic E-state index is 0. The van der Waals surface area contributed by atoms with E-state index in [1.54, 1.807) is 0 Å². The van der Waals surface area contributed by atoms with E-state index in [9.17, 15) is 18.0 Å². The van der Waals surface area contributed by atoms with Crippen LogP contribution in [0.15, 0.2) is 36.0 Å². The molecule has 0 bridgehead atoms. The van der Waals surface area contributed by atoms with Gasteiger partial charge in [0.2, 0.25) is 0 Å². The van der Waals surface area contributed by atoms with Crippen molar-refractivity contribution in [2.24, 2.45) is 0 Å². The second-order valence-electron chi connectivity index (χ2n) is 4.28. The third-order valence-electron chi connectivity index (χ3n) is 2.75. The number of carbonyl (C=O) groups is 2. The number of amides is 2. The zero-order valence-electron chi connectivity index (χ0n) is 12.9. The van der Waals surface area contributed by atoms with Crippen LogP contribution in [0.2, 0.25) is 0 Å². The molecule has 23 heavy (non-hydrogen) atoms. The summed E-state index contributed by atoms with van der Waals surface area (Å²) in [6.07, 6.45) is 1.70. The fraction of sp³-hybridized carbons (Fsp3) is 0.167. The minimum Gasteiger partial charge on any atom is -1.00 e. The minimum atomic E-state index is -4.61. The van der Waals surface area contributed by atoms with Crippen LogP contribution >= 0.6 is 11.6 Å². The Bertz CT molecular complexity index is 728. The number of halogens is 1. The predicted octanol–water partition coefficient (Wildman–Crippen LogP) is -2.03. The molecule has 1 aliphatic heterocycles. The first-order valence-electron chi connectivity index (χ1n) is 5.90. The first-order chi connectivity index (χ1) is 10.3. The Morgan fingerprint density at radius 2 is 1.96 bits per heavy atom. The van der Waals surface area contributed by atoms with Crippen LogP contribution in [0.5, 0.6) is 5.75 Å². The molecule has 0 spiro atoms. The van der Waals surface area contributed by atoms with Gasteiger partial charge in [-0.15, -0.1) is 0 Å². The summed E-state index contributed by atoms with van der Waals surface area (Å²) in [4.78, 5) is 21.7. The second-order valence-corrected chi connectivity index (χ2v) is 6.18. The van der Waals surface area contributed by atoms with Crippen LogP contribution in [0, 0.1) is 0 Å². The molecule has 3 N–H and O–H groups in total. The first-order valence-corrected chi connectivity index (χ1v) is 7.84. The fourth-order valence-corrected chi connectivity index (χ4v) is 2.87. The van der Waals surface area contributed by atoms with E-state index in [2.05, 4.69) is 5.32 Å². The summed E-state index contributed by atoms with van der Waals surface area (Å²) >= 11 is 5.99. The summed E-state index contributed by atoms with van der Waals surface area (Å²) in [5.74, 6) is 0.275.